The fourth-order valence-electron chi connectivity index (χ4n) is 3.06. The van der Waals surface area contributed by atoms with Crippen molar-refractivity contribution in [2.45, 2.75) is 25.0 Å². The van der Waals surface area contributed by atoms with Crippen LogP contribution in [-0.2, 0) is 11.3 Å². The summed E-state index contributed by atoms with van der Waals surface area (Å²) < 4.78 is 5.26. The molecule has 1 aromatic rings. The normalized spacial score (nSPS) is 21.1. The molecule has 2 heterocycles. The third kappa shape index (κ3) is 3.54. The maximum atomic E-state index is 11.9. The molecule has 0 saturated carbocycles. The number of hydrogen-bond donors (Lipinski definition) is 1. The molecule has 21 heavy (non-hydrogen) atoms. The van der Waals surface area contributed by atoms with Gasteiger partial charge in [0.1, 0.15) is 12.2 Å². The Bertz CT molecular complexity index is 480. The van der Waals surface area contributed by atoms with Gasteiger partial charge < -0.3 is 19.6 Å². The van der Waals surface area contributed by atoms with Crippen LogP contribution in [0.5, 0.6) is 0 Å². The third-order valence-electron chi connectivity index (χ3n) is 4.15. The van der Waals surface area contributed by atoms with E-state index in [-0.39, 0.29) is 12.7 Å². The van der Waals surface area contributed by atoms with Crippen LogP contribution in [0.25, 0.3) is 0 Å². The van der Waals surface area contributed by atoms with Crippen molar-refractivity contribution in [3.8, 4) is 0 Å². The van der Waals surface area contributed by atoms with Gasteiger partial charge in [-0.2, -0.15) is 0 Å². The van der Waals surface area contributed by atoms with Gasteiger partial charge in [0.25, 0.3) is 0 Å². The van der Waals surface area contributed by atoms with E-state index >= 15 is 0 Å². The second-order valence-corrected chi connectivity index (χ2v) is 6.10. The minimum atomic E-state index is -0.754. The van der Waals surface area contributed by atoms with Crippen LogP contribution in [0.1, 0.15) is 18.4 Å². The highest BCUT2D eigenvalue weighted by molar-refractivity contribution is 5.69. The lowest BCUT2D eigenvalue weighted by molar-refractivity contribution is -0.103. The molecule has 0 bridgehead atoms. The summed E-state index contributed by atoms with van der Waals surface area (Å²) in [7, 11) is 0. The zero-order chi connectivity index (χ0) is 14.7. The minimum absolute atomic E-state index is 0.278. The second kappa shape index (κ2) is 6.03. The Kier molecular flexibility index (Phi) is 4.12. The average molecular weight is 290 g/mol. The van der Waals surface area contributed by atoms with Crippen LogP contribution in [0, 0.1) is 0 Å². The first kappa shape index (κ1) is 14.4. The van der Waals surface area contributed by atoms with Gasteiger partial charge in [-0.15, -0.1) is 0 Å². The maximum absolute atomic E-state index is 11.9. The molecule has 1 N–H and O–H groups in total. The van der Waals surface area contributed by atoms with E-state index in [0.29, 0.717) is 19.6 Å². The zero-order valence-corrected chi connectivity index (χ0v) is 12.2. The van der Waals surface area contributed by atoms with E-state index in [1.54, 1.807) is 4.90 Å². The molecule has 2 saturated heterocycles. The average Bonchev–Trinajstić information content (AvgIpc) is 2.96. The van der Waals surface area contributed by atoms with Crippen molar-refractivity contribution in [1.82, 2.24) is 9.80 Å². The lowest BCUT2D eigenvalue weighted by atomic mass is 9.94. The largest absolute Gasteiger partial charge is 0.445 e. The Morgan fingerprint density at radius 1 is 1.19 bits per heavy atom. The van der Waals surface area contributed by atoms with Gasteiger partial charge in [-0.1, -0.05) is 30.3 Å². The summed E-state index contributed by atoms with van der Waals surface area (Å²) in [5.41, 5.74) is 0.217. The van der Waals surface area contributed by atoms with Crippen LogP contribution < -0.4 is 0 Å². The fraction of sp³-hybridized carbons (Fsp3) is 0.562. The molecule has 0 spiro atoms. The lowest BCUT2D eigenvalue weighted by Gasteiger charge is -2.47. The number of amides is 1. The summed E-state index contributed by atoms with van der Waals surface area (Å²) in [6.07, 6.45) is 2.07. The van der Waals surface area contributed by atoms with Gasteiger partial charge in [0.15, 0.2) is 0 Å². The first-order valence-corrected chi connectivity index (χ1v) is 7.55. The monoisotopic (exact) mass is 290 g/mol. The van der Waals surface area contributed by atoms with Gasteiger partial charge in [0.2, 0.25) is 0 Å². The number of carbonyl (C=O) groups is 1. The Morgan fingerprint density at radius 3 is 2.52 bits per heavy atom. The summed E-state index contributed by atoms with van der Waals surface area (Å²) in [4.78, 5) is 15.7. The van der Waals surface area contributed by atoms with Gasteiger partial charge >= 0.3 is 6.09 Å². The van der Waals surface area contributed by atoms with E-state index in [2.05, 4.69) is 4.90 Å². The third-order valence-corrected chi connectivity index (χ3v) is 4.15. The number of likely N-dealkylation sites (tertiary alicyclic amines) is 2. The van der Waals surface area contributed by atoms with Crippen molar-refractivity contribution >= 4 is 6.09 Å². The molecule has 5 nitrogen and oxygen atoms in total. The summed E-state index contributed by atoms with van der Waals surface area (Å²) in [6.45, 7) is 3.80. The molecule has 2 aliphatic heterocycles. The van der Waals surface area contributed by atoms with E-state index in [9.17, 15) is 9.90 Å². The molecular weight excluding hydrogens is 268 g/mol. The quantitative estimate of drug-likeness (QED) is 0.912. The van der Waals surface area contributed by atoms with Gasteiger partial charge in [0, 0.05) is 6.54 Å². The number of nitrogens with zero attached hydrogens (tertiary/aromatic N) is 2. The number of rotatable bonds is 4. The molecule has 1 amide bonds. The van der Waals surface area contributed by atoms with Crippen molar-refractivity contribution in [3.63, 3.8) is 0 Å². The molecule has 0 unspecified atom stereocenters. The SMILES string of the molecule is O=C(OCc1ccccc1)N1CC(O)(CN2CCCC2)C1. The lowest BCUT2D eigenvalue weighted by Crippen LogP contribution is -2.67. The molecule has 3 rings (SSSR count). The maximum Gasteiger partial charge on any atom is 0.410 e. The van der Waals surface area contributed by atoms with Crippen LogP contribution in [0.3, 0.4) is 0 Å². The summed E-state index contributed by atoms with van der Waals surface area (Å²) in [5.74, 6) is 0. The fourth-order valence-corrected chi connectivity index (χ4v) is 3.06. The molecule has 0 atom stereocenters. The molecule has 2 aliphatic rings. The number of carbonyl (C=O) groups excluding carboxylic acids is 1. The predicted octanol–water partition coefficient (Wildman–Crippen LogP) is 1.47. The summed E-state index contributed by atoms with van der Waals surface area (Å²) >= 11 is 0. The van der Waals surface area contributed by atoms with Gasteiger partial charge in [0.05, 0.1) is 13.1 Å². The van der Waals surface area contributed by atoms with E-state index in [4.69, 9.17) is 4.74 Å². The molecule has 5 heteroatoms. The number of ether oxygens (including phenoxy) is 1. The minimum Gasteiger partial charge on any atom is -0.445 e. The van der Waals surface area contributed by atoms with Crippen LogP contribution in [0.2, 0.25) is 0 Å². The summed E-state index contributed by atoms with van der Waals surface area (Å²) in [6, 6.07) is 9.61. The highest BCUT2D eigenvalue weighted by Crippen LogP contribution is 2.24. The summed E-state index contributed by atoms with van der Waals surface area (Å²) in [5, 5.41) is 10.4. The van der Waals surface area contributed by atoms with E-state index < -0.39 is 5.60 Å². The molecule has 0 aromatic heterocycles. The number of hydrogen-bond acceptors (Lipinski definition) is 4. The van der Waals surface area contributed by atoms with Crippen LogP contribution >= 0.6 is 0 Å². The van der Waals surface area contributed by atoms with Gasteiger partial charge in [-0.05, 0) is 31.5 Å². The van der Waals surface area contributed by atoms with Crippen LogP contribution in [0.4, 0.5) is 4.79 Å². The smallest absolute Gasteiger partial charge is 0.410 e. The Hall–Kier alpha value is -1.59. The molecule has 114 valence electrons. The Labute approximate surface area is 125 Å². The van der Waals surface area contributed by atoms with Crippen molar-refractivity contribution in [2.24, 2.45) is 0 Å². The van der Waals surface area contributed by atoms with Crippen LogP contribution in [-0.4, -0.2) is 59.3 Å². The molecule has 0 aliphatic carbocycles. The standard InChI is InChI=1S/C16H22N2O3/c19-15(21-10-14-6-2-1-3-7-14)18-12-16(20,13-18)11-17-8-4-5-9-17/h1-3,6-7,20H,4-5,8-13H2. The molecular formula is C16H22N2O3. The molecule has 0 radical (unpaired) electrons. The molecule has 2 fully saturated rings. The number of β-amino-alcohol motifs (C(OH)–C–C–N with tert-alkyl or cyclic N) is 1. The van der Waals surface area contributed by atoms with E-state index in [0.717, 1.165) is 18.7 Å². The van der Waals surface area contributed by atoms with Crippen molar-refractivity contribution in [1.29, 1.82) is 0 Å². The van der Waals surface area contributed by atoms with E-state index in [1.165, 1.54) is 12.8 Å². The van der Waals surface area contributed by atoms with Gasteiger partial charge in [-0.3, -0.25) is 0 Å². The Balaban J connectivity index is 1.41. The second-order valence-electron chi connectivity index (χ2n) is 6.10. The Morgan fingerprint density at radius 2 is 1.86 bits per heavy atom. The van der Waals surface area contributed by atoms with Crippen molar-refractivity contribution < 1.29 is 14.6 Å². The van der Waals surface area contributed by atoms with Crippen molar-refractivity contribution in [3.05, 3.63) is 35.9 Å². The number of benzene rings is 1. The zero-order valence-electron chi connectivity index (χ0n) is 12.2. The first-order chi connectivity index (χ1) is 10.1. The van der Waals surface area contributed by atoms with E-state index in [1.807, 2.05) is 30.3 Å². The first-order valence-electron chi connectivity index (χ1n) is 7.55. The predicted molar refractivity (Wildman–Crippen MR) is 78.8 cm³/mol. The highest BCUT2D eigenvalue weighted by Gasteiger charge is 2.45. The van der Waals surface area contributed by atoms with Gasteiger partial charge in [-0.25, -0.2) is 4.79 Å². The highest BCUT2D eigenvalue weighted by atomic mass is 16.6. The van der Waals surface area contributed by atoms with Crippen molar-refractivity contribution in [2.75, 3.05) is 32.7 Å². The number of aliphatic hydroxyl groups is 1. The van der Waals surface area contributed by atoms with Crippen LogP contribution in [0.15, 0.2) is 30.3 Å². The topological polar surface area (TPSA) is 53.0 Å². The molecule has 1 aromatic carbocycles.